The highest BCUT2D eigenvalue weighted by molar-refractivity contribution is 9.10. The van der Waals surface area contributed by atoms with Crippen molar-refractivity contribution in [3.63, 3.8) is 0 Å². The monoisotopic (exact) mass is 396 g/mol. The second-order valence-corrected chi connectivity index (χ2v) is 6.31. The van der Waals surface area contributed by atoms with Gasteiger partial charge in [0, 0.05) is 10.5 Å². The zero-order chi connectivity index (χ0) is 15.6. The van der Waals surface area contributed by atoms with E-state index >= 15 is 0 Å². The largest absolute Gasteiger partial charge is 0.446 e. The molecule has 0 amide bonds. The van der Waals surface area contributed by atoms with E-state index in [1.807, 2.05) is 6.92 Å². The first-order chi connectivity index (χ1) is 9.80. The minimum Gasteiger partial charge on any atom is -0.232 e. The molecule has 0 aliphatic rings. The molecule has 1 aromatic carbocycles. The van der Waals surface area contributed by atoms with E-state index in [4.69, 9.17) is 11.6 Å². The lowest BCUT2D eigenvalue weighted by atomic mass is 10.2. The lowest BCUT2D eigenvalue weighted by Gasteiger charge is -2.08. The first-order valence-corrected chi connectivity index (χ1v) is 7.87. The summed E-state index contributed by atoms with van der Waals surface area (Å²) in [5.41, 5.74) is -2.93. The van der Waals surface area contributed by atoms with Crippen LogP contribution in [0.2, 0.25) is 5.15 Å². The highest BCUT2D eigenvalue weighted by atomic mass is 79.9. The van der Waals surface area contributed by atoms with Gasteiger partial charge in [-0.05, 0) is 46.2 Å². The Balaban J connectivity index is 2.33. The number of hydrogen-bond donors (Lipinski definition) is 0. The standard InChI is InChI=1S/C13H9BrClF3N2S/c1-2-9-10(14)11(15)20-12(19-9)7-3-5-8(6-4-7)21-13(16,17)18/h3-6H,2H2,1H3. The Morgan fingerprint density at radius 2 is 1.81 bits per heavy atom. The van der Waals surface area contributed by atoms with Crippen molar-refractivity contribution in [2.24, 2.45) is 0 Å². The van der Waals surface area contributed by atoms with Crippen LogP contribution in [0, 0.1) is 0 Å². The van der Waals surface area contributed by atoms with Crippen molar-refractivity contribution in [1.29, 1.82) is 0 Å². The number of halogens is 5. The van der Waals surface area contributed by atoms with E-state index < -0.39 is 5.51 Å². The van der Waals surface area contributed by atoms with Crippen molar-refractivity contribution in [1.82, 2.24) is 9.97 Å². The van der Waals surface area contributed by atoms with E-state index in [0.29, 0.717) is 22.3 Å². The fourth-order valence-electron chi connectivity index (χ4n) is 1.63. The van der Waals surface area contributed by atoms with Crippen LogP contribution in [0.25, 0.3) is 11.4 Å². The number of alkyl halides is 3. The van der Waals surface area contributed by atoms with Crippen LogP contribution in [0.15, 0.2) is 33.6 Å². The van der Waals surface area contributed by atoms with Gasteiger partial charge in [-0.2, -0.15) is 13.2 Å². The van der Waals surface area contributed by atoms with Gasteiger partial charge in [0.1, 0.15) is 5.15 Å². The van der Waals surface area contributed by atoms with Crippen LogP contribution in [0.4, 0.5) is 13.2 Å². The number of aryl methyl sites for hydroxylation is 1. The van der Waals surface area contributed by atoms with E-state index in [9.17, 15) is 13.2 Å². The van der Waals surface area contributed by atoms with Gasteiger partial charge in [-0.25, -0.2) is 9.97 Å². The summed E-state index contributed by atoms with van der Waals surface area (Å²) in [5.74, 6) is 0.392. The summed E-state index contributed by atoms with van der Waals surface area (Å²) >= 11 is 9.17. The smallest absolute Gasteiger partial charge is 0.232 e. The predicted molar refractivity (Wildman–Crippen MR) is 81.5 cm³/mol. The maximum Gasteiger partial charge on any atom is 0.446 e. The molecule has 2 aromatic rings. The Labute approximate surface area is 137 Å². The maximum atomic E-state index is 12.3. The maximum absolute atomic E-state index is 12.3. The quantitative estimate of drug-likeness (QED) is 0.488. The normalized spacial score (nSPS) is 11.7. The van der Waals surface area contributed by atoms with E-state index in [1.165, 1.54) is 12.1 Å². The molecule has 1 aromatic heterocycles. The average molecular weight is 398 g/mol. The molecule has 0 fully saturated rings. The van der Waals surface area contributed by atoms with Gasteiger partial charge < -0.3 is 0 Å². The summed E-state index contributed by atoms with van der Waals surface area (Å²) in [4.78, 5) is 8.60. The minimum atomic E-state index is -4.30. The van der Waals surface area contributed by atoms with Crippen molar-refractivity contribution in [3.05, 3.63) is 39.6 Å². The molecule has 0 saturated carbocycles. The Hall–Kier alpha value is -0.790. The van der Waals surface area contributed by atoms with Crippen molar-refractivity contribution in [3.8, 4) is 11.4 Å². The molecule has 21 heavy (non-hydrogen) atoms. The zero-order valence-corrected chi connectivity index (χ0v) is 13.9. The molecule has 0 N–H and O–H groups in total. The first-order valence-electron chi connectivity index (χ1n) is 5.88. The average Bonchev–Trinajstić information content (AvgIpc) is 2.41. The molecule has 0 aliphatic heterocycles. The molecule has 0 atom stereocenters. The molecular formula is C13H9BrClF3N2S. The van der Waals surface area contributed by atoms with Crippen molar-refractivity contribution < 1.29 is 13.2 Å². The molecular weight excluding hydrogens is 389 g/mol. The third-order valence-electron chi connectivity index (χ3n) is 2.56. The van der Waals surface area contributed by atoms with Crippen LogP contribution in [0.3, 0.4) is 0 Å². The molecule has 0 spiro atoms. The summed E-state index contributed by atoms with van der Waals surface area (Å²) < 4.78 is 37.5. The van der Waals surface area contributed by atoms with E-state index in [-0.39, 0.29) is 21.8 Å². The third-order valence-corrected chi connectivity index (χ3v) is 4.63. The summed E-state index contributed by atoms with van der Waals surface area (Å²) in [6, 6.07) is 5.87. The Bertz CT molecular complexity index is 647. The SMILES string of the molecule is CCc1nc(-c2ccc(SC(F)(F)F)cc2)nc(Cl)c1Br. The molecule has 0 unspecified atom stereocenters. The number of nitrogens with zero attached hydrogens (tertiary/aromatic N) is 2. The molecule has 0 bridgehead atoms. The fraction of sp³-hybridized carbons (Fsp3) is 0.231. The van der Waals surface area contributed by atoms with E-state index in [0.717, 1.165) is 5.69 Å². The van der Waals surface area contributed by atoms with Gasteiger partial charge >= 0.3 is 5.51 Å². The van der Waals surface area contributed by atoms with Crippen LogP contribution in [0.5, 0.6) is 0 Å². The Kier molecular flexibility index (Phi) is 5.16. The van der Waals surface area contributed by atoms with Crippen molar-refractivity contribution in [2.45, 2.75) is 23.7 Å². The summed E-state index contributed by atoms with van der Waals surface area (Å²) in [5, 5.41) is 0.283. The summed E-state index contributed by atoms with van der Waals surface area (Å²) in [7, 11) is 0. The zero-order valence-electron chi connectivity index (χ0n) is 10.7. The third kappa shape index (κ3) is 4.34. The van der Waals surface area contributed by atoms with Crippen LogP contribution >= 0.6 is 39.3 Å². The lowest BCUT2D eigenvalue weighted by Crippen LogP contribution is -1.99. The number of benzene rings is 1. The molecule has 0 aliphatic carbocycles. The topological polar surface area (TPSA) is 25.8 Å². The highest BCUT2D eigenvalue weighted by Crippen LogP contribution is 2.37. The number of hydrogen-bond acceptors (Lipinski definition) is 3. The minimum absolute atomic E-state index is 0.116. The van der Waals surface area contributed by atoms with Gasteiger partial charge in [-0.3, -0.25) is 0 Å². The molecule has 1 heterocycles. The lowest BCUT2D eigenvalue weighted by molar-refractivity contribution is -0.0328. The van der Waals surface area contributed by atoms with Gasteiger partial charge in [0.15, 0.2) is 5.82 Å². The van der Waals surface area contributed by atoms with Crippen LogP contribution in [0.1, 0.15) is 12.6 Å². The van der Waals surface area contributed by atoms with E-state index in [1.54, 1.807) is 12.1 Å². The number of rotatable bonds is 3. The number of thioether (sulfide) groups is 1. The summed E-state index contributed by atoms with van der Waals surface area (Å²) in [6.07, 6.45) is 0.665. The molecule has 0 saturated heterocycles. The first kappa shape index (κ1) is 16.6. The summed E-state index contributed by atoms with van der Waals surface area (Å²) in [6.45, 7) is 1.93. The van der Waals surface area contributed by atoms with Gasteiger partial charge in [-0.1, -0.05) is 30.7 Å². The number of aromatic nitrogens is 2. The fourth-order valence-corrected chi connectivity index (χ4v) is 2.82. The van der Waals surface area contributed by atoms with Gasteiger partial charge in [-0.15, -0.1) is 0 Å². The molecule has 112 valence electrons. The van der Waals surface area contributed by atoms with Crippen LogP contribution < -0.4 is 0 Å². The molecule has 0 radical (unpaired) electrons. The van der Waals surface area contributed by atoms with Gasteiger partial charge in [0.2, 0.25) is 0 Å². The Morgan fingerprint density at radius 3 is 2.33 bits per heavy atom. The molecule has 8 heteroatoms. The van der Waals surface area contributed by atoms with Gasteiger partial charge in [0.25, 0.3) is 0 Å². The van der Waals surface area contributed by atoms with Gasteiger partial charge in [0.05, 0.1) is 10.2 Å². The van der Waals surface area contributed by atoms with Crippen molar-refractivity contribution >= 4 is 39.3 Å². The van der Waals surface area contributed by atoms with Crippen LogP contribution in [-0.2, 0) is 6.42 Å². The molecule has 2 rings (SSSR count). The molecule has 2 nitrogen and oxygen atoms in total. The highest BCUT2D eigenvalue weighted by Gasteiger charge is 2.29. The van der Waals surface area contributed by atoms with E-state index in [2.05, 4.69) is 25.9 Å². The second-order valence-electron chi connectivity index (χ2n) is 4.02. The second kappa shape index (κ2) is 6.54. The van der Waals surface area contributed by atoms with Crippen molar-refractivity contribution in [2.75, 3.05) is 0 Å². The Morgan fingerprint density at radius 1 is 1.19 bits per heavy atom. The van der Waals surface area contributed by atoms with Crippen LogP contribution in [-0.4, -0.2) is 15.5 Å². The predicted octanol–water partition coefficient (Wildman–Crippen LogP) is 5.73.